The summed E-state index contributed by atoms with van der Waals surface area (Å²) in [7, 11) is 1.74. The zero-order valence-corrected chi connectivity index (χ0v) is 8.32. The highest BCUT2D eigenvalue weighted by molar-refractivity contribution is 5.73. The Morgan fingerprint density at radius 1 is 1.69 bits per heavy atom. The molecule has 0 aliphatic carbocycles. The van der Waals surface area contributed by atoms with Crippen LogP contribution in [0.2, 0.25) is 0 Å². The second-order valence-corrected chi connectivity index (χ2v) is 3.14. The van der Waals surface area contributed by atoms with Crippen molar-refractivity contribution in [2.75, 3.05) is 7.05 Å². The molecule has 74 valence electrons. The summed E-state index contributed by atoms with van der Waals surface area (Å²) >= 11 is 0. The van der Waals surface area contributed by atoms with Crippen LogP contribution in [0.25, 0.3) is 0 Å². The largest absolute Gasteiger partial charge is 0.480 e. The van der Waals surface area contributed by atoms with E-state index in [-0.39, 0.29) is 6.04 Å². The van der Waals surface area contributed by atoms with Gasteiger partial charge in [-0.15, -0.1) is 0 Å². The minimum absolute atomic E-state index is 0.00829. The van der Waals surface area contributed by atoms with Crippen molar-refractivity contribution in [2.24, 2.45) is 0 Å². The van der Waals surface area contributed by atoms with Gasteiger partial charge in [0.1, 0.15) is 6.04 Å². The number of likely N-dealkylation sites (N-methyl/N-ethyl adjacent to an activating group) is 1. The maximum Gasteiger partial charge on any atom is 0.320 e. The van der Waals surface area contributed by atoms with Gasteiger partial charge >= 0.3 is 5.97 Å². The van der Waals surface area contributed by atoms with Crippen LogP contribution in [0.1, 0.15) is 26.7 Å². The monoisotopic (exact) mass is 184 g/mol. The van der Waals surface area contributed by atoms with Gasteiger partial charge in [-0.3, -0.25) is 9.69 Å². The van der Waals surface area contributed by atoms with E-state index in [4.69, 9.17) is 10.4 Å². The summed E-state index contributed by atoms with van der Waals surface area (Å²) in [5, 5.41) is 17.3. The fourth-order valence-electron chi connectivity index (χ4n) is 1.22. The highest BCUT2D eigenvalue weighted by Crippen LogP contribution is 2.08. The lowest BCUT2D eigenvalue weighted by molar-refractivity contribution is -0.143. The lowest BCUT2D eigenvalue weighted by Gasteiger charge is -2.28. The molecule has 0 spiro atoms. The second kappa shape index (κ2) is 5.55. The SMILES string of the molecule is CCC(C(=O)O)N(C)C(C)CC#N. The molecule has 2 atom stereocenters. The molecule has 1 N–H and O–H groups in total. The summed E-state index contributed by atoms with van der Waals surface area (Å²) in [5.41, 5.74) is 0. The van der Waals surface area contributed by atoms with Crippen LogP contribution in [-0.4, -0.2) is 35.1 Å². The van der Waals surface area contributed by atoms with Crippen molar-refractivity contribution in [2.45, 2.75) is 38.8 Å². The first kappa shape index (κ1) is 11.9. The quantitative estimate of drug-likeness (QED) is 0.694. The third-order valence-electron chi connectivity index (χ3n) is 2.25. The Labute approximate surface area is 78.8 Å². The average molecular weight is 184 g/mol. The van der Waals surface area contributed by atoms with Gasteiger partial charge in [-0.05, 0) is 20.4 Å². The molecule has 0 amide bonds. The fourth-order valence-corrected chi connectivity index (χ4v) is 1.22. The number of nitriles is 1. The van der Waals surface area contributed by atoms with E-state index in [0.29, 0.717) is 12.8 Å². The van der Waals surface area contributed by atoms with Crippen LogP contribution >= 0.6 is 0 Å². The minimum Gasteiger partial charge on any atom is -0.480 e. The van der Waals surface area contributed by atoms with E-state index in [2.05, 4.69) is 0 Å². The normalized spacial score (nSPS) is 15.0. The number of carbonyl (C=O) groups is 1. The molecule has 0 rings (SSSR count). The zero-order valence-electron chi connectivity index (χ0n) is 8.32. The highest BCUT2D eigenvalue weighted by atomic mass is 16.4. The second-order valence-electron chi connectivity index (χ2n) is 3.14. The first-order valence-corrected chi connectivity index (χ1v) is 4.36. The molecule has 0 aromatic carbocycles. The van der Waals surface area contributed by atoms with Gasteiger partial charge in [-0.1, -0.05) is 6.92 Å². The van der Waals surface area contributed by atoms with E-state index in [9.17, 15) is 4.79 Å². The molecule has 0 aliphatic rings. The number of carboxylic acids is 1. The van der Waals surface area contributed by atoms with Gasteiger partial charge in [0.05, 0.1) is 12.5 Å². The minimum atomic E-state index is -0.824. The van der Waals surface area contributed by atoms with Crippen molar-refractivity contribution in [1.82, 2.24) is 4.90 Å². The van der Waals surface area contributed by atoms with Gasteiger partial charge < -0.3 is 5.11 Å². The molecule has 0 aliphatic heterocycles. The van der Waals surface area contributed by atoms with Crippen LogP contribution in [0.15, 0.2) is 0 Å². The number of rotatable bonds is 5. The predicted octanol–water partition coefficient (Wildman–Crippen LogP) is 1.08. The van der Waals surface area contributed by atoms with Crippen LogP contribution in [-0.2, 0) is 4.79 Å². The summed E-state index contributed by atoms with van der Waals surface area (Å²) < 4.78 is 0. The third-order valence-corrected chi connectivity index (χ3v) is 2.25. The number of nitrogens with zero attached hydrogens (tertiary/aromatic N) is 2. The van der Waals surface area contributed by atoms with Crippen molar-refractivity contribution in [1.29, 1.82) is 5.26 Å². The van der Waals surface area contributed by atoms with Gasteiger partial charge in [0.15, 0.2) is 0 Å². The number of carboxylic acid groups (broad SMARTS) is 1. The lowest BCUT2D eigenvalue weighted by atomic mass is 10.1. The average Bonchev–Trinajstić information content (AvgIpc) is 2.05. The van der Waals surface area contributed by atoms with Crippen LogP contribution in [0.4, 0.5) is 0 Å². The molecule has 0 aromatic heterocycles. The zero-order chi connectivity index (χ0) is 10.4. The van der Waals surface area contributed by atoms with E-state index >= 15 is 0 Å². The summed E-state index contributed by atoms with van der Waals surface area (Å²) in [5.74, 6) is -0.824. The molecule has 0 bridgehead atoms. The van der Waals surface area contributed by atoms with E-state index in [1.54, 1.807) is 11.9 Å². The molecule has 2 unspecified atom stereocenters. The van der Waals surface area contributed by atoms with E-state index in [1.807, 2.05) is 19.9 Å². The fraction of sp³-hybridized carbons (Fsp3) is 0.778. The van der Waals surface area contributed by atoms with E-state index in [0.717, 1.165) is 0 Å². The standard InChI is InChI=1S/C9H16N2O2/c1-4-8(9(12)13)11(3)7(2)5-6-10/h7-8H,4-5H2,1-3H3,(H,12,13). The highest BCUT2D eigenvalue weighted by Gasteiger charge is 2.23. The summed E-state index contributed by atoms with van der Waals surface area (Å²) in [6, 6.07) is 1.54. The molecule has 0 aromatic rings. The molecule has 4 heteroatoms. The van der Waals surface area contributed by atoms with Crippen molar-refractivity contribution >= 4 is 5.97 Å². The van der Waals surface area contributed by atoms with Crippen LogP contribution in [0, 0.1) is 11.3 Å². The van der Waals surface area contributed by atoms with Gasteiger partial charge in [0.2, 0.25) is 0 Å². The smallest absolute Gasteiger partial charge is 0.320 e. The Morgan fingerprint density at radius 2 is 2.23 bits per heavy atom. The Hall–Kier alpha value is -1.08. The van der Waals surface area contributed by atoms with Crippen molar-refractivity contribution in [3.8, 4) is 6.07 Å². The molecule has 0 saturated heterocycles. The number of aliphatic carboxylic acids is 1. The molecule has 0 radical (unpaired) electrons. The van der Waals surface area contributed by atoms with Crippen LogP contribution in [0.5, 0.6) is 0 Å². The van der Waals surface area contributed by atoms with E-state index in [1.165, 1.54) is 0 Å². The summed E-state index contributed by atoms with van der Waals surface area (Å²) in [6.07, 6.45) is 0.919. The van der Waals surface area contributed by atoms with Crippen LogP contribution in [0.3, 0.4) is 0 Å². The van der Waals surface area contributed by atoms with Crippen molar-refractivity contribution in [3.05, 3.63) is 0 Å². The molecule has 0 saturated carbocycles. The number of hydrogen-bond acceptors (Lipinski definition) is 3. The maximum atomic E-state index is 10.8. The Bertz CT molecular complexity index is 210. The molecular formula is C9H16N2O2. The van der Waals surface area contributed by atoms with Gasteiger partial charge in [0.25, 0.3) is 0 Å². The topological polar surface area (TPSA) is 64.3 Å². The molecule has 13 heavy (non-hydrogen) atoms. The van der Waals surface area contributed by atoms with Crippen molar-refractivity contribution < 1.29 is 9.90 Å². The summed E-state index contributed by atoms with van der Waals surface area (Å²) in [4.78, 5) is 12.5. The van der Waals surface area contributed by atoms with E-state index < -0.39 is 12.0 Å². The molecular weight excluding hydrogens is 168 g/mol. The third kappa shape index (κ3) is 3.43. The Balaban J connectivity index is 4.28. The maximum absolute atomic E-state index is 10.8. The first-order chi connectivity index (χ1) is 6.04. The Morgan fingerprint density at radius 3 is 2.54 bits per heavy atom. The molecule has 0 fully saturated rings. The first-order valence-electron chi connectivity index (χ1n) is 4.36. The summed E-state index contributed by atoms with van der Waals surface area (Å²) in [6.45, 7) is 3.68. The predicted molar refractivity (Wildman–Crippen MR) is 49.2 cm³/mol. The van der Waals surface area contributed by atoms with Gasteiger partial charge in [-0.2, -0.15) is 5.26 Å². The van der Waals surface area contributed by atoms with Gasteiger partial charge in [0, 0.05) is 6.04 Å². The van der Waals surface area contributed by atoms with Crippen LogP contribution < -0.4 is 0 Å². The van der Waals surface area contributed by atoms with Gasteiger partial charge in [-0.25, -0.2) is 0 Å². The molecule has 0 heterocycles. The Kier molecular flexibility index (Phi) is 5.09. The molecule has 4 nitrogen and oxygen atoms in total. The lowest BCUT2D eigenvalue weighted by Crippen LogP contribution is -2.43. The number of hydrogen-bond donors (Lipinski definition) is 1. The van der Waals surface area contributed by atoms with Crippen molar-refractivity contribution in [3.63, 3.8) is 0 Å².